The number of methoxy groups -OCH3 is 5. The Kier molecular flexibility index (Phi) is 7.18. The van der Waals surface area contributed by atoms with Crippen molar-refractivity contribution < 1.29 is 28.5 Å². The van der Waals surface area contributed by atoms with Crippen molar-refractivity contribution in [1.29, 1.82) is 5.26 Å². The van der Waals surface area contributed by atoms with Gasteiger partial charge in [-0.05, 0) is 41.7 Å². The molecule has 9 heteroatoms. The second kappa shape index (κ2) is 10.2. The SMILES string of the molecule is COc1ccc(OC)c(N2C(N)=C(C#N)[C@H](c3cc(OC)c(OC)c(OC)c3)C3=C2CC(C)(C)CC3=O)c1. The number of rotatable bonds is 7. The third kappa shape index (κ3) is 4.36. The van der Waals surface area contributed by atoms with Gasteiger partial charge in [0.05, 0.1) is 58.8 Å². The van der Waals surface area contributed by atoms with E-state index in [1.54, 1.807) is 49.5 Å². The van der Waals surface area contributed by atoms with Crippen LogP contribution in [-0.2, 0) is 4.79 Å². The second-order valence-corrected chi connectivity index (χ2v) is 9.98. The third-order valence-corrected chi connectivity index (χ3v) is 7.03. The van der Waals surface area contributed by atoms with Gasteiger partial charge in [-0.25, -0.2) is 0 Å². The van der Waals surface area contributed by atoms with Crippen molar-refractivity contribution in [3.8, 4) is 34.8 Å². The van der Waals surface area contributed by atoms with Crippen molar-refractivity contribution in [2.24, 2.45) is 11.1 Å². The first kappa shape index (κ1) is 26.7. The highest BCUT2D eigenvalue weighted by Crippen LogP contribution is 2.53. The molecule has 1 aliphatic carbocycles. The molecular weight excluding hydrogens is 486 g/mol. The van der Waals surface area contributed by atoms with Crippen LogP contribution in [0.2, 0.25) is 0 Å². The number of nitrogens with zero attached hydrogens (tertiary/aromatic N) is 2. The standard InChI is InChI=1S/C29H33N3O6/c1-29(2)13-20-26(21(33)14-29)25(16-10-23(36-5)27(38-7)24(11-16)37-6)18(15-30)28(31)32(20)19-12-17(34-3)8-9-22(19)35-4/h8-12,25H,13-14,31H2,1-7H3/t25-/m0/s1. The van der Waals surface area contributed by atoms with Gasteiger partial charge in [0.2, 0.25) is 5.75 Å². The molecule has 2 aromatic rings. The van der Waals surface area contributed by atoms with E-state index in [9.17, 15) is 10.1 Å². The molecule has 0 fully saturated rings. The molecule has 38 heavy (non-hydrogen) atoms. The van der Waals surface area contributed by atoms with E-state index in [1.807, 2.05) is 13.8 Å². The normalized spacial score (nSPS) is 18.5. The highest BCUT2D eigenvalue weighted by molar-refractivity contribution is 6.02. The number of carbonyl (C=O) groups is 1. The van der Waals surface area contributed by atoms with E-state index in [2.05, 4.69) is 6.07 Å². The summed E-state index contributed by atoms with van der Waals surface area (Å²) in [6.45, 7) is 4.09. The van der Waals surface area contributed by atoms with Gasteiger partial charge in [0, 0.05) is 23.8 Å². The van der Waals surface area contributed by atoms with Gasteiger partial charge in [0.25, 0.3) is 0 Å². The summed E-state index contributed by atoms with van der Waals surface area (Å²) in [6.07, 6.45) is 0.878. The Labute approximate surface area is 223 Å². The molecule has 9 nitrogen and oxygen atoms in total. The fraction of sp³-hybridized carbons (Fsp3) is 0.379. The van der Waals surface area contributed by atoms with Gasteiger partial charge < -0.3 is 29.4 Å². The fourth-order valence-electron chi connectivity index (χ4n) is 5.36. The summed E-state index contributed by atoms with van der Waals surface area (Å²) in [7, 11) is 7.69. The molecule has 2 aromatic carbocycles. The Bertz CT molecular complexity index is 1360. The summed E-state index contributed by atoms with van der Waals surface area (Å²) in [5.41, 5.74) is 9.15. The number of carbonyl (C=O) groups excluding carboxylic acids is 1. The van der Waals surface area contributed by atoms with Crippen molar-refractivity contribution >= 4 is 11.5 Å². The van der Waals surface area contributed by atoms with Crippen molar-refractivity contribution in [2.45, 2.75) is 32.6 Å². The molecule has 0 unspecified atom stereocenters. The van der Waals surface area contributed by atoms with Gasteiger partial charge in [0.15, 0.2) is 17.3 Å². The maximum atomic E-state index is 13.9. The minimum absolute atomic E-state index is 0.0536. The fourth-order valence-corrected chi connectivity index (χ4v) is 5.36. The molecular formula is C29H33N3O6. The minimum Gasteiger partial charge on any atom is -0.497 e. The number of Topliss-reactive ketones (excluding diaryl/α,β-unsaturated/α-hetero) is 1. The Balaban J connectivity index is 2.06. The largest absolute Gasteiger partial charge is 0.497 e. The van der Waals surface area contributed by atoms with Crippen molar-refractivity contribution in [3.63, 3.8) is 0 Å². The highest BCUT2D eigenvalue weighted by atomic mass is 16.5. The Hall–Kier alpha value is -4.32. The van der Waals surface area contributed by atoms with Gasteiger partial charge in [-0.3, -0.25) is 9.69 Å². The van der Waals surface area contributed by atoms with Crippen molar-refractivity contribution in [1.82, 2.24) is 0 Å². The molecule has 2 aliphatic rings. The van der Waals surface area contributed by atoms with E-state index in [1.165, 1.54) is 21.3 Å². The van der Waals surface area contributed by atoms with Crippen LogP contribution in [-0.4, -0.2) is 41.3 Å². The zero-order valence-electron chi connectivity index (χ0n) is 22.8. The molecule has 1 heterocycles. The maximum Gasteiger partial charge on any atom is 0.203 e. The number of hydrogen-bond donors (Lipinski definition) is 1. The number of nitriles is 1. The lowest BCUT2D eigenvalue weighted by Crippen LogP contribution is -2.42. The van der Waals surface area contributed by atoms with Crippen LogP contribution < -0.4 is 34.3 Å². The van der Waals surface area contributed by atoms with Crippen LogP contribution in [0.5, 0.6) is 28.7 Å². The molecule has 0 bridgehead atoms. The minimum atomic E-state index is -0.722. The monoisotopic (exact) mass is 519 g/mol. The molecule has 1 aliphatic heterocycles. The average molecular weight is 520 g/mol. The van der Waals surface area contributed by atoms with Crippen LogP contribution in [0.4, 0.5) is 5.69 Å². The van der Waals surface area contributed by atoms with Crippen LogP contribution in [0.15, 0.2) is 53.0 Å². The smallest absolute Gasteiger partial charge is 0.203 e. The van der Waals surface area contributed by atoms with E-state index in [-0.39, 0.29) is 22.6 Å². The van der Waals surface area contributed by atoms with Gasteiger partial charge in [0.1, 0.15) is 17.3 Å². The number of benzene rings is 2. The van der Waals surface area contributed by atoms with Gasteiger partial charge in [-0.2, -0.15) is 5.26 Å². The van der Waals surface area contributed by atoms with Crippen LogP contribution >= 0.6 is 0 Å². The molecule has 2 N–H and O–H groups in total. The zero-order valence-corrected chi connectivity index (χ0v) is 22.8. The number of anilines is 1. The van der Waals surface area contributed by atoms with Crippen molar-refractivity contribution in [2.75, 3.05) is 40.4 Å². The van der Waals surface area contributed by atoms with Crippen LogP contribution in [0.25, 0.3) is 0 Å². The summed E-state index contributed by atoms with van der Waals surface area (Å²) in [5.74, 6) is 1.80. The molecule has 0 spiro atoms. The number of ketones is 1. The molecule has 4 rings (SSSR count). The number of allylic oxidation sites excluding steroid dienone is 3. The quantitative estimate of drug-likeness (QED) is 0.557. The van der Waals surface area contributed by atoms with E-state index >= 15 is 0 Å². The lowest BCUT2D eigenvalue weighted by molar-refractivity contribution is -0.118. The third-order valence-electron chi connectivity index (χ3n) is 7.03. The Morgan fingerprint density at radius 1 is 0.921 bits per heavy atom. The Morgan fingerprint density at radius 2 is 1.55 bits per heavy atom. The average Bonchev–Trinajstić information content (AvgIpc) is 2.90. The van der Waals surface area contributed by atoms with Crippen LogP contribution in [0.1, 0.15) is 38.2 Å². The summed E-state index contributed by atoms with van der Waals surface area (Å²) in [6, 6.07) is 11.1. The highest BCUT2D eigenvalue weighted by Gasteiger charge is 2.45. The van der Waals surface area contributed by atoms with E-state index in [0.717, 1.165) is 0 Å². The predicted octanol–water partition coefficient (Wildman–Crippen LogP) is 4.67. The predicted molar refractivity (Wildman–Crippen MR) is 143 cm³/mol. The summed E-state index contributed by atoms with van der Waals surface area (Å²) in [5, 5.41) is 10.4. The van der Waals surface area contributed by atoms with E-state index in [4.69, 9.17) is 29.4 Å². The maximum absolute atomic E-state index is 13.9. The van der Waals surface area contributed by atoms with E-state index in [0.29, 0.717) is 64.1 Å². The molecule has 0 saturated carbocycles. The van der Waals surface area contributed by atoms with Gasteiger partial charge >= 0.3 is 0 Å². The summed E-state index contributed by atoms with van der Waals surface area (Å²) < 4.78 is 27.8. The lowest BCUT2D eigenvalue weighted by atomic mass is 9.68. The molecule has 1 atom stereocenters. The number of hydrogen-bond acceptors (Lipinski definition) is 9. The van der Waals surface area contributed by atoms with Crippen LogP contribution in [0.3, 0.4) is 0 Å². The number of nitrogens with two attached hydrogens (primary N) is 1. The molecule has 0 aromatic heterocycles. The number of ether oxygens (including phenoxy) is 5. The summed E-state index contributed by atoms with van der Waals surface area (Å²) >= 11 is 0. The topological polar surface area (TPSA) is 116 Å². The molecule has 200 valence electrons. The molecule has 0 saturated heterocycles. The van der Waals surface area contributed by atoms with Crippen LogP contribution in [0, 0.1) is 16.7 Å². The first-order chi connectivity index (χ1) is 18.1. The molecule has 0 amide bonds. The van der Waals surface area contributed by atoms with Gasteiger partial charge in [-0.1, -0.05) is 13.8 Å². The van der Waals surface area contributed by atoms with Gasteiger partial charge in [-0.15, -0.1) is 0 Å². The first-order valence-corrected chi connectivity index (χ1v) is 12.1. The lowest BCUT2D eigenvalue weighted by Gasteiger charge is -2.44. The summed E-state index contributed by atoms with van der Waals surface area (Å²) in [4.78, 5) is 15.6. The zero-order chi connectivity index (χ0) is 27.8. The Morgan fingerprint density at radius 3 is 2.08 bits per heavy atom. The first-order valence-electron chi connectivity index (χ1n) is 12.1. The molecule has 0 radical (unpaired) electrons. The van der Waals surface area contributed by atoms with Crippen molar-refractivity contribution in [3.05, 3.63) is 58.6 Å². The second-order valence-electron chi connectivity index (χ2n) is 9.98. The van der Waals surface area contributed by atoms with E-state index < -0.39 is 5.92 Å².